The Morgan fingerprint density at radius 1 is 1.43 bits per heavy atom. The molecule has 0 radical (unpaired) electrons. The van der Waals surface area contributed by atoms with Crippen molar-refractivity contribution in [3.8, 4) is 11.8 Å². The molecule has 0 spiro atoms. The molecule has 4 nitrogen and oxygen atoms in total. The molecule has 0 saturated carbocycles. The summed E-state index contributed by atoms with van der Waals surface area (Å²) < 4.78 is 27.0. The number of nitrogens with two attached hydrogens (primary N) is 1. The largest absolute Gasteiger partial charge is 0.320 e. The van der Waals surface area contributed by atoms with E-state index in [2.05, 4.69) is 18.8 Å². The standard InChI is InChI=1S/C16H22N2O2S/c1-13-5-4-10-18(12-13)21(19,20)16-8-7-15(6-3-9-17)14(2)11-16/h7-8,11,13H,4-5,9-10,12,17H2,1-2H3. The summed E-state index contributed by atoms with van der Waals surface area (Å²) in [6, 6.07) is 5.11. The molecule has 21 heavy (non-hydrogen) atoms. The van der Waals surface area contributed by atoms with E-state index < -0.39 is 10.0 Å². The van der Waals surface area contributed by atoms with Crippen molar-refractivity contribution in [2.45, 2.75) is 31.6 Å². The zero-order chi connectivity index (χ0) is 15.5. The zero-order valence-corrected chi connectivity index (χ0v) is 13.4. The Kier molecular flexibility index (Phi) is 5.04. The monoisotopic (exact) mass is 306 g/mol. The van der Waals surface area contributed by atoms with Crippen LogP contribution in [0, 0.1) is 24.7 Å². The van der Waals surface area contributed by atoms with E-state index in [0.29, 0.717) is 30.4 Å². The van der Waals surface area contributed by atoms with E-state index in [4.69, 9.17) is 5.73 Å². The first-order valence-corrected chi connectivity index (χ1v) is 8.69. The minimum atomic E-state index is -3.39. The van der Waals surface area contributed by atoms with Crippen molar-refractivity contribution >= 4 is 10.0 Å². The molecule has 5 heteroatoms. The second-order valence-corrected chi connectivity index (χ2v) is 7.53. The van der Waals surface area contributed by atoms with E-state index in [1.165, 1.54) is 0 Å². The Hall–Kier alpha value is -1.35. The Morgan fingerprint density at radius 3 is 2.81 bits per heavy atom. The molecule has 2 N–H and O–H groups in total. The minimum Gasteiger partial charge on any atom is -0.320 e. The van der Waals surface area contributed by atoms with Gasteiger partial charge in [-0.1, -0.05) is 18.8 Å². The molecule has 1 aromatic carbocycles. The smallest absolute Gasteiger partial charge is 0.243 e. The molecule has 0 aromatic heterocycles. The van der Waals surface area contributed by atoms with Crippen LogP contribution >= 0.6 is 0 Å². The van der Waals surface area contributed by atoms with Gasteiger partial charge in [-0.05, 0) is 49.4 Å². The first-order chi connectivity index (χ1) is 9.95. The number of aryl methyl sites for hydroxylation is 1. The van der Waals surface area contributed by atoms with Crippen molar-refractivity contribution in [2.24, 2.45) is 11.7 Å². The summed E-state index contributed by atoms with van der Waals surface area (Å²) in [5.41, 5.74) is 7.05. The molecule has 1 saturated heterocycles. The fourth-order valence-electron chi connectivity index (χ4n) is 2.60. The van der Waals surface area contributed by atoms with Crippen LogP contribution in [0.1, 0.15) is 30.9 Å². The van der Waals surface area contributed by atoms with Crippen LogP contribution in [-0.2, 0) is 10.0 Å². The molecule has 1 aliphatic rings. The molecule has 0 bridgehead atoms. The molecular weight excluding hydrogens is 284 g/mol. The summed E-state index contributed by atoms with van der Waals surface area (Å²) in [6.07, 6.45) is 2.03. The second-order valence-electron chi connectivity index (χ2n) is 5.59. The molecule has 1 unspecified atom stereocenters. The molecule has 1 heterocycles. The second kappa shape index (κ2) is 6.61. The van der Waals surface area contributed by atoms with E-state index in [0.717, 1.165) is 24.0 Å². The average molecular weight is 306 g/mol. The van der Waals surface area contributed by atoms with Gasteiger partial charge in [0, 0.05) is 18.7 Å². The van der Waals surface area contributed by atoms with E-state index in [1.54, 1.807) is 22.5 Å². The van der Waals surface area contributed by atoms with Gasteiger partial charge in [-0.2, -0.15) is 4.31 Å². The Bertz CT molecular complexity index is 671. The van der Waals surface area contributed by atoms with E-state index >= 15 is 0 Å². The van der Waals surface area contributed by atoms with Crippen molar-refractivity contribution < 1.29 is 8.42 Å². The fraction of sp³-hybridized carbons (Fsp3) is 0.500. The highest BCUT2D eigenvalue weighted by Gasteiger charge is 2.28. The first-order valence-electron chi connectivity index (χ1n) is 7.25. The third-order valence-electron chi connectivity index (χ3n) is 3.78. The summed E-state index contributed by atoms with van der Waals surface area (Å²) in [4.78, 5) is 0.354. The number of sulfonamides is 1. The molecular formula is C16H22N2O2S. The molecule has 0 amide bonds. The first kappa shape index (κ1) is 16.0. The normalized spacial score (nSPS) is 19.9. The van der Waals surface area contributed by atoms with Gasteiger partial charge in [0.1, 0.15) is 0 Å². The van der Waals surface area contributed by atoms with E-state index in [-0.39, 0.29) is 0 Å². The van der Waals surface area contributed by atoms with Gasteiger partial charge >= 0.3 is 0 Å². The molecule has 114 valence electrons. The van der Waals surface area contributed by atoms with E-state index in [9.17, 15) is 8.42 Å². The number of benzene rings is 1. The lowest BCUT2D eigenvalue weighted by Crippen LogP contribution is -2.39. The van der Waals surface area contributed by atoms with Crippen molar-refractivity contribution in [3.63, 3.8) is 0 Å². The van der Waals surface area contributed by atoms with Crippen LogP contribution in [0.25, 0.3) is 0 Å². The van der Waals surface area contributed by atoms with E-state index in [1.807, 2.05) is 6.92 Å². The maximum atomic E-state index is 12.7. The van der Waals surface area contributed by atoms with Crippen molar-refractivity contribution in [2.75, 3.05) is 19.6 Å². The summed E-state index contributed by atoms with van der Waals surface area (Å²) in [7, 11) is -3.39. The summed E-state index contributed by atoms with van der Waals surface area (Å²) in [6.45, 7) is 5.48. The quantitative estimate of drug-likeness (QED) is 0.846. The van der Waals surface area contributed by atoms with Crippen LogP contribution in [0.15, 0.2) is 23.1 Å². The maximum Gasteiger partial charge on any atom is 0.243 e. The molecule has 2 rings (SSSR count). The van der Waals surface area contributed by atoms with Gasteiger partial charge in [-0.25, -0.2) is 8.42 Å². The van der Waals surface area contributed by atoms with Gasteiger partial charge < -0.3 is 5.73 Å². The third-order valence-corrected chi connectivity index (χ3v) is 5.64. The molecule has 1 aliphatic heterocycles. The topological polar surface area (TPSA) is 63.4 Å². The van der Waals surface area contributed by atoms with Crippen LogP contribution in [0.2, 0.25) is 0 Å². The van der Waals surface area contributed by atoms with Crippen molar-refractivity contribution in [1.29, 1.82) is 0 Å². The van der Waals surface area contributed by atoms with Crippen LogP contribution < -0.4 is 5.73 Å². The lowest BCUT2D eigenvalue weighted by Gasteiger charge is -2.30. The summed E-state index contributed by atoms with van der Waals surface area (Å²) in [5, 5.41) is 0. The lowest BCUT2D eigenvalue weighted by atomic mass is 10.0. The Balaban J connectivity index is 2.30. The lowest BCUT2D eigenvalue weighted by molar-refractivity contribution is 0.281. The third kappa shape index (κ3) is 3.65. The molecule has 1 fully saturated rings. The number of hydrogen-bond donors (Lipinski definition) is 1. The summed E-state index contributed by atoms with van der Waals surface area (Å²) >= 11 is 0. The average Bonchev–Trinajstić information content (AvgIpc) is 2.46. The number of hydrogen-bond acceptors (Lipinski definition) is 3. The maximum absolute atomic E-state index is 12.7. The van der Waals surface area contributed by atoms with Crippen LogP contribution in [0.3, 0.4) is 0 Å². The highest BCUT2D eigenvalue weighted by atomic mass is 32.2. The fourth-order valence-corrected chi connectivity index (χ4v) is 4.28. The van der Waals surface area contributed by atoms with Crippen molar-refractivity contribution in [3.05, 3.63) is 29.3 Å². The Labute approximate surface area is 127 Å². The Morgan fingerprint density at radius 2 is 2.19 bits per heavy atom. The highest BCUT2D eigenvalue weighted by molar-refractivity contribution is 7.89. The number of nitrogens with zero attached hydrogens (tertiary/aromatic N) is 1. The number of piperidine rings is 1. The molecule has 0 aliphatic carbocycles. The number of rotatable bonds is 2. The SMILES string of the molecule is Cc1cc(S(=O)(=O)N2CCCC(C)C2)ccc1C#CCN. The highest BCUT2D eigenvalue weighted by Crippen LogP contribution is 2.24. The zero-order valence-electron chi connectivity index (χ0n) is 12.6. The molecule has 1 aromatic rings. The predicted molar refractivity (Wildman–Crippen MR) is 84.3 cm³/mol. The molecule has 1 atom stereocenters. The summed E-state index contributed by atoms with van der Waals surface area (Å²) in [5.74, 6) is 6.17. The van der Waals surface area contributed by atoms with Crippen LogP contribution in [0.5, 0.6) is 0 Å². The van der Waals surface area contributed by atoms with Crippen LogP contribution in [-0.4, -0.2) is 32.4 Å². The van der Waals surface area contributed by atoms with Gasteiger partial charge in [-0.15, -0.1) is 0 Å². The van der Waals surface area contributed by atoms with Gasteiger partial charge in [0.05, 0.1) is 11.4 Å². The van der Waals surface area contributed by atoms with Gasteiger partial charge in [0.2, 0.25) is 10.0 Å². The van der Waals surface area contributed by atoms with Gasteiger partial charge in [-0.3, -0.25) is 0 Å². The minimum absolute atomic E-state index is 0.297. The van der Waals surface area contributed by atoms with Crippen LogP contribution in [0.4, 0.5) is 0 Å². The van der Waals surface area contributed by atoms with Gasteiger partial charge in [0.25, 0.3) is 0 Å². The predicted octanol–water partition coefficient (Wildman–Crippen LogP) is 1.73. The van der Waals surface area contributed by atoms with Crippen molar-refractivity contribution in [1.82, 2.24) is 4.31 Å². The van der Waals surface area contributed by atoms with Gasteiger partial charge in [0.15, 0.2) is 0 Å².